The van der Waals surface area contributed by atoms with Gasteiger partial charge in [-0.05, 0) is 180 Å². The van der Waals surface area contributed by atoms with Crippen LogP contribution in [-0.2, 0) is 28.2 Å². The Balaban J connectivity index is 0.000000112. The Morgan fingerprint density at radius 1 is 0.359 bits per heavy atom. The molecule has 4 aliphatic heterocycles. The summed E-state index contributed by atoms with van der Waals surface area (Å²) in [6.07, 6.45) is 16.9. The molecular formula is C72H76B4N12O4+4. The van der Waals surface area contributed by atoms with Crippen LogP contribution in [0.4, 0.5) is 22.9 Å². The lowest BCUT2D eigenvalue weighted by molar-refractivity contribution is -0.654. The van der Waals surface area contributed by atoms with E-state index in [0.29, 0.717) is 22.9 Å². The number of anilines is 4. The van der Waals surface area contributed by atoms with Gasteiger partial charge in [-0.3, -0.25) is 0 Å². The zero-order valence-corrected chi connectivity index (χ0v) is 55.5. The standard InChI is InChI=1S/C19H21BN3O.2C18H19BN3O.C17H17BN3O/c1-12-10-17(22(4)11-13(12)2)20-9-8-16-18(23(20)5)15-7-6-14(3)21-19(15)24-16;1-12-5-8-16(21(3)11-12)19-10-9-15-17(22(19)4)14-7-6-13(2)20-18(14)23-15;1-12-8-10-21(3)16(11-12)19-9-7-15-17(22(19)4)14-6-5-13(2)20-18(14)23-15;1-12-7-8-13-14-9-10-18(15-6-4-5-11-20(15)2)21(3)17(14)22-16(13)19-12/h6-11H,1-5H3;2*5-11H,1-4H3;4-11H,1-3H3/q4*+1. The number of pyridine rings is 8. The van der Waals surface area contributed by atoms with Crippen molar-refractivity contribution in [3.8, 4) is 0 Å². The summed E-state index contributed by atoms with van der Waals surface area (Å²) in [6.45, 7) is 17.2. The van der Waals surface area contributed by atoms with Crippen LogP contribution in [0, 0.1) is 55.4 Å². The number of aromatic nitrogens is 8. The molecule has 0 saturated heterocycles. The molecular weight excluding hydrogens is 1140 g/mol. The van der Waals surface area contributed by atoms with Gasteiger partial charge in [0.05, 0.1) is 33.2 Å². The van der Waals surface area contributed by atoms with Crippen LogP contribution in [0.25, 0.3) is 68.7 Å². The van der Waals surface area contributed by atoms with E-state index >= 15 is 0 Å². The second kappa shape index (κ2) is 24.2. The fourth-order valence-corrected chi connectivity index (χ4v) is 13.2. The van der Waals surface area contributed by atoms with Crippen molar-refractivity contribution in [2.75, 3.05) is 47.4 Å². The number of aryl methyl sites for hydroxylation is 12. The van der Waals surface area contributed by atoms with Crippen LogP contribution in [-0.4, -0.2) is 75.5 Å². The number of nitrogens with zero attached hydrogens (tertiary/aromatic N) is 12. The Bertz CT molecular complexity index is 5020. The van der Waals surface area contributed by atoms with Crippen LogP contribution in [0.15, 0.2) is 163 Å². The van der Waals surface area contributed by atoms with Crippen molar-refractivity contribution in [1.29, 1.82) is 0 Å². The first kappa shape index (κ1) is 60.7. The molecule has 0 bridgehead atoms. The Kier molecular flexibility index (Phi) is 16.0. The molecule has 92 heavy (non-hydrogen) atoms. The zero-order valence-electron chi connectivity index (χ0n) is 55.5. The second-order valence-corrected chi connectivity index (χ2v) is 25.0. The SMILES string of the molecule is Cc1cc[n+](C)c(B2C=Cc3oc4nc(C)ccc4c3N2C)c1.Cc1ccc(B2C=Cc3oc4nc(C)ccc4c3N2C)[n+](C)c1.Cc1ccc2c3c(oc2n1)C=CB(c1cc(C)c(C)c[n+]1C)N3C.Cc1ccc2c3c(oc2n1)N(C)B(c1cccc[n+]1C)C=C3. The molecule has 4 aliphatic rings. The van der Waals surface area contributed by atoms with E-state index in [1.54, 1.807) is 0 Å². The lowest BCUT2D eigenvalue weighted by atomic mass is 9.55. The van der Waals surface area contributed by atoms with Gasteiger partial charge in [0, 0.05) is 69.1 Å². The molecule has 0 spiro atoms. The summed E-state index contributed by atoms with van der Waals surface area (Å²) in [7, 11) is 16.8. The average Bonchev–Trinajstić information content (AvgIpc) is 1.79. The highest BCUT2D eigenvalue weighted by atomic mass is 16.4. The van der Waals surface area contributed by atoms with Gasteiger partial charge in [0.15, 0.2) is 70.3 Å². The highest BCUT2D eigenvalue weighted by molar-refractivity contribution is 6.82. The van der Waals surface area contributed by atoms with E-state index in [4.69, 9.17) is 17.7 Å². The number of fused-ring (bicyclic) bond motifs is 12. The lowest BCUT2D eigenvalue weighted by Gasteiger charge is -2.26. The summed E-state index contributed by atoms with van der Waals surface area (Å²) in [5.41, 5.74) is 21.3. The Morgan fingerprint density at radius 3 is 1.28 bits per heavy atom. The first-order chi connectivity index (χ1) is 44.2. The number of hydrogen-bond acceptors (Lipinski definition) is 12. The van der Waals surface area contributed by atoms with Crippen LogP contribution in [0.1, 0.15) is 67.9 Å². The minimum absolute atomic E-state index is 0.153. The van der Waals surface area contributed by atoms with Gasteiger partial charge in [0.2, 0.25) is 22.9 Å². The van der Waals surface area contributed by atoms with Crippen LogP contribution in [0.2, 0.25) is 0 Å². The van der Waals surface area contributed by atoms with Gasteiger partial charge in [-0.1, -0.05) is 36.0 Å². The van der Waals surface area contributed by atoms with Gasteiger partial charge in [0.1, 0.15) is 28.2 Å². The number of rotatable bonds is 4. The van der Waals surface area contributed by atoms with E-state index in [1.165, 1.54) is 44.6 Å². The van der Waals surface area contributed by atoms with E-state index < -0.39 is 0 Å². The fourth-order valence-electron chi connectivity index (χ4n) is 13.2. The van der Waals surface area contributed by atoms with Gasteiger partial charge in [-0.15, -0.1) is 0 Å². The quantitative estimate of drug-likeness (QED) is 0.123. The molecule has 0 N–H and O–H groups in total. The van der Waals surface area contributed by atoms with Crippen molar-refractivity contribution in [3.05, 3.63) is 214 Å². The molecule has 16 nitrogen and oxygen atoms in total. The molecule has 12 aromatic rings. The number of furan rings is 4. The van der Waals surface area contributed by atoms with Gasteiger partial charge >= 0.3 is 27.4 Å². The van der Waals surface area contributed by atoms with Crippen molar-refractivity contribution in [2.45, 2.75) is 55.4 Å². The molecule has 0 amide bonds. The van der Waals surface area contributed by atoms with Crippen LogP contribution >= 0.6 is 0 Å². The monoisotopic (exact) mass is 1220 g/mol. The summed E-state index contributed by atoms with van der Waals surface area (Å²) < 4.78 is 32.6. The van der Waals surface area contributed by atoms with Gasteiger partial charge in [-0.2, -0.15) is 0 Å². The minimum atomic E-state index is 0.153. The summed E-state index contributed by atoms with van der Waals surface area (Å²) in [6, 6.07) is 33.7. The molecule has 0 aromatic carbocycles. The molecule has 0 atom stereocenters. The molecule has 16 heterocycles. The third kappa shape index (κ3) is 11.1. The Hall–Kier alpha value is -10.2. The molecule has 456 valence electrons. The maximum absolute atomic E-state index is 6.03. The highest BCUT2D eigenvalue weighted by Gasteiger charge is 2.39. The number of hydrogen-bond donors (Lipinski definition) is 0. The lowest BCUT2D eigenvalue weighted by Crippen LogP contribution is -2.60. The van der Waals surface area contributed by atoms with Crippen LogP contribution < -0.4 is 59.9 Å². The molecule has 16 rings (SSSR count). The molecule has 0 saturated carbocycles. The van der Waals surface area contributed by atoms with Crippen LogP contribution in [0.5, 0.6) is 0 Å². The van der Waals surface area contributed by atoms with E-state index in [2.05, 4.69) is 281 Å². The van der Waals surface area contributed by atoms with Gasteiger partial charge in [-0.25, -0.2) is 38.2 Å². The maximum Gasteiger partial charge on any atom is 0.398 e. The molecule has 12 aromatic heterocycles. The normalized spacial score (nSPS) is 13.7. The van der Waals surface area contributed by atoms with Crippen molar-refractivity contribution in [2.24, 2.45) is 28.2 Å². The summed E-state index contributed by atoms with van der Waals surface area (Å²) in [5.74, 6) is 12.3. The van der Waals surface area contributed by atoms with Crippen molar-refractivity contribution in [1.82, 2.24) is 19.9 Å². The molecule has 0 fully saturated rings. The van der Waals surface area contributed by atoms with Crippen LogP contribution in [0.3, 0.4) is 0 Å². The van der Waals surface area contributed by atoms with Crippen molar-refractivity contribution in [3.63, 3.8) is 0 Å². The third-order valence-corrected chi connectivity index (χ3v) is 18.3. The molecule has 0 unspecified atom stereocenters. The highest BCUT2D eigenvalue weighted by Crippen LogP contribution is 2.40. The molecule has 20 heteroatoms. The first-order valence-corrected chi connectivity index (χ1v) is 31.3. The fraction of sp³-hybridized carbons (Fsp3) is 0.222. The minimum Gasteiger partial charge on any atom is -0.436 e. The molecule has 0 radical (unpaired) electrons. The smallest absolute Gasteiger partial charge is 0.398 e. The largest absolute Gasteiger partial charge is 0.436 e. The summed E-state index contributed by atoms with van der Waals surface area (Å²) in [5, 5.41) is 4.27. The zero-order chi connectivity index (χ0) is 64.5. The Labute approximate surface area is 539 Å². The molecule has 0 aliphatic carbocycles. The third-order valence-electron chi connectivity index (χ3n) is 18.3. The summed E-state index contributed by atoms with van der Waals surface area (Å²) >= 11 is 0. The second-order valence-electron chi connectivity index (χ2n) is 25.0. The van der Waals surface area contributed by atoms with Crippen molar-refractivity contribution >= 4 is 141 Å². The predicted molar refractivity (Wildman–Crippen MR) is 376 cm³/mol. The maximum atomic E-state index is 6.03. The van der Waals surface area contributed by atoms with Gasteiger partial charge in [0.25, 0.3) is 0 Å². The van der Waals surface area contributed by atoms with E-state index in [1.807, 2.05) is 58.0 Å². The summed E-state index contributed by atoms with van der Waals surface area (Å²) in [4.78, 5) is 27.0. The van der Waals surface area contributed by atoms with Gasteiger partial charge < -0.3 is 36.9 Å². The van der Waals surface area contributed by atoms with Crippen molar-refractivity contribution < 1.29 is 35.9 Å². The Morgan fingerprint density at radius 2 is 0.783 bits per heavy atom. The topological polar surface area (TPSA) is 133 Å². The van der Waals surface area contributed by atoms with E-state index in [9.17, 15) is 0 Å². The van der Waals surface area contributed by atoms with E-state index in [-0.39, 0.29) is 27.4 Å². The average molecular weight is 1220 g/mol. The first-order valence-electron chi connectivity index (χ1n) is 31.3. The predicted octanol–water partition coefficient (Wildman–Crippen LogP) is 8.68. The van der Waals surface area contributed by atoms with E-state index in [0.717, 1.165) is 90.1 Å².